The molecule has 1 nitrogen and oxygen atoms in total. The van der Waals surface area contributed by atoms with Crippen LogP contribution in [-0.4, -0.2) is 12.6 Å². The van der Waals surface area contributed by atoms with Crippen LogP contribution >= 0.6 is 22.9 Å². The molecule has 2 aromatic rings. The van der Waals surface area contributed by atoms with Crippen molar-refractivity contribution in [3.63, 3.8) is 0 Å². The van der Waals surface area contributed by atoms with Crippen LogP contribution in [0.2, 0.25) is 5.02 Å². The van der Waals surface area contributed by atoms with Crippen LogP contribution in [0.5, 0.6) is 0 Å². The SMILES string of the molecule is Clc1ccc(C(CNC2CC2)Cc2ccsc2)cc1. The molecule has 1 unspecified atom stereocenters. The van der Waals surface area contributed by atoms with Gasteiger partial charge in [0.2, 0.25) is 0 Å². The predicted octanol–water partition coefficient (Wildman–Crippen LogP) is 4.48. The Bertz CT molecular complexity index is 502. The van der Waals surface area contributed by atoms with E-state index in [4.69, 9.17) is 11.6 Å². The summed E-state index contributed by atoms with van der Waals surface area (Å²) in [7, 11) is 0. The van der Waals surface area contributed by atoms with E-state index in [9.17, 15) is 0 Å². The van der Waals surface area contributed by atoms with Crippen molar-refractivity contribution >= 4 is 22.9 Å². The number of rotatable bonds is 6. The van der Waals surface area contributed by atoms with Gasteiger partial charge in [0.05, 0.1) is 0 Å². The highest BCUT2D eigenvalue weighted by Gasteiger charge is 2.22. The zero-order valence-electron chi connectivity index (χ0n) is 10.8. The van der Waals surface area contributed by atoms with E-state index in [1.807, 2.05) is 12.1 Å². The number of hydrogen-bond donors (Lipinski definition) is 1. The summed E-state index contributed by atoms with van der Waals surface area (Å²) in [6.45, 7) is 1.06. The van der Waals surface area contributed by atoms with E-state index in [2.05, 4.69) is 34.3 Å². The normalized spacial score (nSPS) is 16.5. The molecular weight excluding hydrogens is 274 g/mol. The van der Waals surface area contributed by atoms with Gasteiger partial charge in [-0.1, -0.05) is 23.7 Å². The van der Waals surface area contributed by atoms with Gasteiger partial charge in [-0.05, 0) is 59.3 Å². The van der Waals surface area contributed by atoms with Crippen LogP contribution in [-0.2, 0) is 6.42 Å². The van der Waals surface area contributed by atoms with Crippen LogP contribution in [0.15, 0.2) is 41.1 Å². The van der Waals surface area contributed by atoms with E-state index in [0.29, 0.717) is 5.92 Å². The molecule has 1 heterocycles. The fraction of sp³-hybridized carbons (Fsp3) is 0.375. The molecule has 0 aliphatic heterocycles. The number of hydrogen-bond acceptors (Lipinski definition) is 2. The van der Waals surface area contributed by atoms with Crippen LogP contribution in [0, 0.1) is 0 Å². The summed E-state index contributed by atoms with van der Waals surface area (Å²) in [4.78, 5) is 0. The molecule has 3 rings (SSSR count). The molecule has 1 N–H and O–H groups in total. The molecule has 3 heteroatoms. The van der Waals surface area contributed by atoms with E-state index >= 15 is 0 Å². The number of thiophene rings is 1. The first-order valence-corrected chi connectivity index (χ1v) is 8.13. The maximum Gasteiger partial charge on any atom is 0.0406 e. The number of halogens is 1. The highest BCUT2D eigenvalue weighted by atomic mass is 35.5. The third-order valence-corrected chi connectivity index (χ3v) is 4.62. The van der Waals surface area contributed by atoms with Gasteiger partial charge in [-0.25, -0.2) is 0 Å². The first kappa shape index (κ1) is 13.2. The first-order chi connectivity index (χ1) is 9.31. The molecule has 0 spiro atoms. The Morgan fingerprint density at radius 1 is 1.21 bits per heavy atom. The number of benzene rings is 1. The van der Waals surface area contributed by atoms with E-state index < -0.39 is 0 Å². The molecule has 0 amide bonds. The zero-order valence-corrected chi connectivity index (χ0v) is 12.4. The van der Waals surface area contributed by atoms with Crippen molar-refractivity contribution in [3.8, 4) is 0 Å². The lowest BCUT2D eigenvalue weighted by atomic mass is 9.93. The van der Waals surface area contributed by atoms with E-state index in [1.54, 1.807) is 11.3 Å². The Balaban J connectivity index is 1.71. The van der Waals surface area contributed by atoms with E-state index in [1.165, 1.54) is 24.0 Å². The summed E-state index contributed by atoms with van der Waals surface area (Å²) in [5, 5.41) is 8.87. The van der Waals surface area contributed by atoms with E-state index in [-0.39, 0.29) is 0 Å². The Kier molecular flexibility index (Phi) is 4.21. The molecule has 1 saturated carbocycles. The van der Waals surface area contributed by atoms with Gasteiger partial charge < -0.3 is 5.32 Å². The lowest BCUT2D eigenvalue weighted by Gasteiger charge is -2.18. The van der Waals surface area contributed by atoms with Crippen LogP contribution in [0.3, 0.4) is 0 Å². The standard InChI is InChI=1S/C16H18ClNS/c17-15-3-1-13(2-4-15)14(10-18-16-5-6-16)9-12-7-8-19-11-12/h1-4,7-8,11,14,16,18H,5-6,9-10H2. The summed E-state index contributed by atoms with van der Waals surface area (Å²) in [6.07, 6.45) is 3.78. The Labute approximate surface area is 123 Å². The molecule has 0 bridgehead atoms. The quantitative estimate of drug-likeness (QED) is 0.827. The van der Waals surface area contributed by atoms with Gasteiger partial charge in [-0.3, -0.25) is 0 Å². The highest BCUT2D eigenvalue weighted by molar-refractivity contribution is 7.07. The van der Waals surface area contributed by atoms with Gasteiger partial charge in [0, 0.05) is 23.5 Å². The average molecular weight is 292 g/mol. The van der Waals surface area contributed by atoms with Gasteiger partial charge in [0.25, 0.3) is 0 Å². The Hall–Kier alpha value is -0.830. The van der Waals surface area contributed by atoms with Gasteiger partial charge in [-0.2, -0.15) is 11.3 Å². The maximum atomic E-state index is 5.98. The van der Waals surface area contributed by atoms with Crippen LogP contribution in [0.4, 0.5) is 0 Å². The maximum absolute atomic E-state index is 5.98. The molecule has 1 aliphatic carbocycles. The Morgan fingerprint density at radius 3 is 2.63 bits per heavy atom. The van der Waals surface area contributed by atoms with Crippen LogP contribution in [0.1, 0.15) is 29.9 Å². The minimum atomic E-state index is 0.535. The van der Waals surface area contributed by atoms with Crippen LogP contribution in [0.25, 0.3) is 0 Å². The Morgan fingerprint density at radius 2 is 2.00 bits per heavy atom. The zero-order chi connectivity index (χ0) is 13.1. The molecule has 0 saturated heterocycles. The minimum absolute atomic E-state index is 0.535. The molecule has 1 aromatic carbocycles. The summed E-state index contributed by atoms with van der Waals surface area (Å²) < 4.78 is 0. The van der Waals surface area contributed by atoms with Crippen molar-refractivity contribution < 1.29 is 0 Å². The third kappa shape index (κ3) is 3.82. The fourth-order valence-electron chi connectivity index (χ4n) is 2.33. The van der Waals surface area contributed by atoms with Gasteiger partial charge in [0.1, 0.15) is 0 Å². The van der Waals surface area contributed by atoms with Crippen molar-refractivity contribution in [2.75, 3.05) is 6.54 Å². The minimum Gasteiger partial charge on any atom is -0.313 e. The van der Waals surface area contributed by atoms with Crippen molar-refractivity contribution in [1.82, 2.24) is 5.32 Å². The molecule has 1 atom stereocenters. The lowest BCUT2D eigenvalue weighted by molar-refractivity contribution is 0.577. The topological polar surface area (TPSA) is 12.0 Å². The second kappa shape index (κ2) is 6.08. The van der Waals surface area contributed by atoms with Gasteiger partial charge >= 0.3 is 0 Å². The van der Waals surface area contributed by atoms with Crippen molar-refractivity contribution in [2.24, 2.45) is 0 Å². The first-order valence-electron chi connectivity index (χ1n) is 6.81. The van der Waals surface area contributed by atoms with Crippen molar-refractivity contribution in [1.29, 1.82) is 0 Å². The molecule has 1 fully saturated rings. The monoisotopic (exact) mass is 291 g/mol. The molecule has 100 valence electrons. The summed E-state index contributed by atoms with van der Waals surface area (Å²) in [5.74, 6) is 0.535. The summed E-state index contributed by atoms with van der Waals surface area (Å²) >= 11 is 7.76. The average Bonchev–Trinajstić information content (AvgIpc) is 3.11. The van der Waals surface area contributed by atoms with Crippen LogP contribution < -0.4 is 5.32 Å². The van der Waals surface area contributed by atoms with Crippen molar-refractivity contribution in [2.45, 2.75) is 31.2 Å². The van der Waals surface area contributed by atoms with Crippen molar-refractivity contribution in [3.05, 3.63) is 57.2 Å². The summed E-state index contributed by atoms with van der Waals surface area (Å²) in [6, 6.07) is 11.3. The summed E-state index contributed by atoms with van der Waals surface area (Å²) in [5.41, 5.74) is 2.81. The van der Waals surface area contributed by atoms with Gasteiger partial charge in [0.15, 0.2) is 0 Å². The molecule has 0 radical (unpaired) electrons. The number of nitrogens with one attached hydrogen (secondary N) is 1. The third-order valence-electron chi connectivity index (χ3n) is 3.63. The predicted molar refractivity (Wildman–Crippen MR) is 83.2 cm³/mol. The molecule has 1 aliphatic rings. The largest absolute Gasteiger partial charge is 0.313 e. The molecule has 1 aromatic heterocycles. The molecular formula is C16H18ClNS. The van der Waals surface area contributed by atoms with Gasteiger partial charge in [-0.15, -0.1) is 0 Å². The molecule has 19 heavy (non-hydrogen) atoms. The highest BCUT2D eigenvalue weighted by Crippen LogP contribution is 2.25. The van der Waals surface area contributed by atoms with E-state index in [0.717, 1.165) is 24.0 Å². The lowest BCUT2D eigenvalue weighted by Crippen LogP contribution is -2.24. The second-order valence-corrected chi connectivity index (χ2v) is 6.48. The smallest absolute Gasteiger partial charge is 0.0406 e. The second-order valence-electron chi connectivity index (χ2n) is 5.27. The fourth-order valence-corrected chi connectivity index (χ4v) is 3.14.